The first-order chi connectivity index (χ1) is 10.2. The molecule has 0 saturated carbocycles. The smallest absolute Gasteiger partial charge is 0.272 e. The van der Waals surface area contributed by atoms with Crippen LogP contribution in [0, 0.1) is 11.8 Å². The molecule has 0 atom stereocenters. The molecule has 0 unspecified atom stereocenters. The fraction of sp³-hybridized carbons (Fsp3) is 0.500. The fourth-order valence-corrected chi connectivity index (χ4v) is 1.70. The van der Waals surface area contributed by atoms with E-state index in [0.717, 1.165) is 5.56 Å². The Hall–Kier alpha value is -1.90. The number of nitrogens with zero attached hydrogens (tertiary/aromatic N) is 2. The van der Waals surface area contributed by atoms with Gasteiger partial charge in [-0.1, -0.05) is 11.8 Å². The maximum absolute atomic E-state index is 12.3. The van der Waals surface area contributed by atoms with Crippen LogP contribution >= 0.6 is 0 Å². The molecule has 0 aromatic carbocycles. The highest BCUT2D eigenvalue weighted by Gasteiger charge is 2.14. The van der Waals surface area contributed by atoms with Crippen molar-refractivity contribution in [2.75, 3.05) is 32.9 Å². The number of amides is 1. The monoisotopic (exact) mass is 290 g/mol. The van der Waals surface area contributed by atoms with Gasteiger partial charge in [0.15, 0.2) is 0 Å². The van der Waals surface area contributed by atoms with Gasteiger partial charge in [-0.15, -0.1) is 0 Å². The average molecular weight is 290 g/mol. The summed E-state index contributed by atoms with van der Waals surface area (Å²) in [5.41, 5.74) is 1.14. The third-order valence-electron chi connectivity index (χ3n) is 2.83. The third kappa shape index (κ3) is 5.94. The second kappa shape index (κ2) is 9.92. The molecule has 0 aliphatic rings. The summed E-state index contributed by atoms with van der Waals surface area (Å²) in [5.74, 6) is 5.59. The first kappa shape index (κ1) is 17.2. The molecule has 21 heavy (non-hydrogen) atoms. The van der Waals surface area contributed by atoms with E-state index in [1.165, 1.54) is 0 Å². The molecule has 0 bridgehead atoms. The normalized spacial score (nSPS) is 9.86. The topological polar surface area (TPSA) is 62.7 Å². The number of carbonyl (C=O) groups is 1. The molecule has 0 radical (unpaired) electrons. The molecular formula is C16H22N2O3. The number of likely N-dealkylation sites (N-methyl/N-ethyl adjacent to an activating group) is 1. The average Bonchev–Trinajstić information content (AvgIpc) is 2.52. The van der Waals surface area contributed by atoms with Crippen molar-refractivity contribution in [3.63, 3.8) is 0 Å². The number of hydrogen-bond acceptors (Lipinski definition) is 4. The Balaban J connectivity index is 2.67. The highest BCUT2D eigenvalue weighted by atomic mass is 16.5. The first-order valence-electron chi connectivity index (χ1n) is 7.15. The summed E-state index contributed by atoms with van der Waals surface area (Å²) in [6.45, 7) is 6.25. The van der Waals surface area contributed by atoms with E-state index < -0.39 is 0 Å². The van der Waals surface area contributed by atoms with Gasteiger partial charge < -0.3 is 14.7 Å². The van der Waals surface area contributed by atoms with E-state index in [-0.39, 0.29) is 12.5 Å². The zero-order valence-corrected chi connectivity index (χ0v) is 12.6. The number of hydrogen-bond donors (Lipinski definition) is 1. The fourth-order valence-electron chi connectivity index (χ4n) is 1.70. The van der Waals surface area contributed by atoms with Gasteiger partial charge >= 0.3 is 0 Å². The van der Waals surface area contributed by atoms with E-state index in [9.17, 15) is 4.79 Å². The molecular weight excluding hydrogens is 268 g/mol. The minimum atomic E-state index is -0.105. The molecule has 0 aliphatic heterocycles. The summed E-state index contributed by atoms with van der Waals surface area (Å²) in [6.07, 6.45) is 2.01. The summed E-state index contributed by atoms with van der Waals surface area (Å²) in [5, 5.41) is 8.66. The largest absolute Gasteiger partial charge is 0.395 e. The number of aromatic nitrogens is 1. The summed E-state index contributed by atoms with van der Waals surface area (Å²) in [7, 11) is 0. The van der Waals surface area contributed by atoms with Crippen LogP contribution in [-0.2, 0) is 4.74 Å². The molecule has 1 heterocycles. The van der Waals surface area contributed by atoms with E-state index in [1.807, 2.05) is 13.8 Å². The number of carbonyl (C=O) groups excluding carboxylic acids is 1. The van der Waals surface area contributed by atoms with E-state index >= 15 is 0 Å². The van der Waals surface area contributed by atoms with Crippen molar-refractivity contribution < 1.29 is 14.6 Å². The van der Waals surface area contributed by atoms with Gasteiger partial charge in [-0.2, -0.15) is 0 Å². The molecule has 1 aromatic heterocycles. The van der Waals surface area contributed by atoms with Crippen LogP contribution in [0.3, 0.4) is 0 Å². The molecule has 1 amide bonds. The van der Waals surface area contributed by atoms with E-state index in [1.54, 1.807) is 23.2 Å². The molecule has 5 heteroatoms. The van der Waals surface area contributed by atoms with Gasteiger partial charge in [-0.05, 0) is 26.0 Å². The lowest BCUT2D eigenvalue weighted by atomic mass is 10.2. The summed E-state index contributed by atoms with van der Waals surface area (Å²) in [6, 6.07) is 3.44. The number of rotatable bonds is 7. The Morgan fingerprint density at radius 3 is 2.81 bits per heavy atom. The Morgan fingerprint density at radius 2 is 2.24 bits per heavy atom. The maximum Gasteiger partial charge on any atom is 0.272 e. The number of aliphatic hydroxyl groups is 1. The standard InChI is InChI=1S/C16H22N2O3/c1-3-18(10-12-21-4-2)16(20)15-9-8-14(13-17-15)7-5-6-11-19/h8-9,13,19H,3-4,6,10-12H2,1-2H3. The van der Waals surface area contributed by atoms with Crippen LogP contribution in [0.2, 0.25) is 0 Å². The highest BCUT2D eigenvalue weighted by molar-refractivity contribution is 5.92. The van der Waals surface area contributed by atoms with Crippen LogP contribution < -0.4 is 0 Å². The second-order valence-corrected chi connectivity index (χ2v) is 4.29. The Kier molecular flexibility index (Phi) is 8.10. The Bertz CT molecular complexity index is 488. The first-order valence-corrected chi connectivity index (χ1v) is 7.15. The van der Waals surface area contributed by atoms with Crippen molar-refractivity contribution in [2.24, 2.45) is 0 Å². The molecule has 0 aliphatic carbocycles. The van der Waals surface area contributed by atoms with Crippen molar-refractivity contribution in [2.45, 2.75) is 20.3 Å². The molecule has 0 fully saturated rings. The summed E-state index contributed by atoms with van der Waals surface area (Å²) < 4.78 is 5.27. The molecule has 1 N–H and O–H groups in total. The quantitative estimate of drug-likeness (QED) is 0.607. The van der Waals surface area contributed by atoms with Gasteiger partial charge in [0.1, 0.15) is 5.69 Å². The number of pyridine rings is 1. The lowest BCUT2D eigenvalue weighted by Crippen LogP contribution is -2.34. The van der Waals surface area contributed by atoms with Gasteiger partial charge in [0.2, 0.25) is 0 Å². The molecule has 1 rings (SSSR count). The molecule has 1 aromatic rings. The minimum Gasteiger partial charge on any atom is -0.395 e. The van der Waals surface area contributed by atoms with Crippen LogP contribution in [-0.4, -0.2) is 53.8 Å². The van der Waals surface area contributed by atoms with Gasteiger partial charge in [0.25, 0.3) is 5.91 Å². The Labute approximate surface area is 125 Å². The minimum absolute atomic E-state index is 0.0439. The maximum atomic E-state index is 12.3. The van der Waals surface area contributed by atoms with Crippen molar-refractivity contribution in [3.8, 4) is 11.8 Å². The van der Waals surface area contributed by atoms with Crippen LogP contribution in [0.15, 0.2) is 18.3 Å². The Morgan fingerprint density at radius 1 is 1.43 bits per heavy atom. The molecule has 0 spiro atoms. The van der Waals surface area contributed by atoms with Gasteiger partial charge in [0.05, 0.1) is 13.2 Å². The van der Waals surface area contributed by atoms with Crippen molar-refractivity contribution >= 4 is 5.91 Å². The molecule has 5 nitrogen and oxygen atoms in total. The molecule has 114 valence electrons. The van der Waals surface area contributed by atoms with Crippen molar-refractivity contribution in [3.05, 3.63) is 29.6 Å². The third-order valence-corrected chi connectivity index (χ3v) is 2.83. The SMILES string of the molecule is CCOCCN(CC)C(=O)c1ccc(C#CCCO)cn1. The number of aliphatic hydroxyl groups excluding tert-OH is 1. The lowest BCUT2D eigenvalue weighted by Gasteiger charge is -2.20. The lowest BCUT2D eigenvalue weighted by molar-refractivity contribution is 0.0664. The second-order valence-electron chi connectivity index (χ2n) is 4.29. The van der Waals surface area contributed by atoms with Crippen molar-refractivity contribution in [1.29, 1.82) is 0 Å². The van der Waals surface area contributed by atoms with Gasteiger partial charge in [-0.3, -0.25) is 4.79 Å². The van der Waals surface area contributed by atoms with Gasteiger partial charge in [0, 0.05) is 37.9 Å². The predicted octanol–water partition coefficient (Wildman–Crippen LogP) is 1.31. The summed E-state index contributed by atoms with van der Waals surface area (Å²) >= 11 is 0. The van der Waals surface area contributed by atoms with E-state index in [0.29, 0.717) is 38.4 Å². The molecule has 0 saturated heterocycles. The zero-order valence-electron chi connectivity index (χ0n) is 12.6. The van der Waals surface area contributed by atoms with Crippen molar-refractivity contribution in [1.82, 2.24) is 9.88 Å². The zero-order chi connectivity index (χ0) is 15.5. The predicted molar refractivity (Wildman–Crippen MR) is 80.9 cm³/mol. The highest BCUT2D eigenvalue weighted by Crippen LogP contribution is 2.04. The van der Waals surface area contributed by atoms with E-state index in [4.69, 9.17) is 9.84 Å². The summed E-state index contributed by atoms with van der Waals surface area (Å²) in [4.78, 5) is 18.1. The van der Waals surface area contributed by atoms with Crippen LogP contribution in [0.1, 0.15) is 36.3 Å². The van der Waals surface area contributed by atoms with E-state index in [2.05, 4.69) is 16.8 Å². The number of ether oxygens (including phenoxy) is 1. The van der Waals surface area contributed by atoms with Crippen LogP contribution in [0.5, 0.6) is 0 Å². The van der Waals surface area contributed by atoms with Crippen LogP contribution in [0.4, 0.5) is 0 Å². The van der Waals surface area contributed by atoms with Crippen LogP contribution in [0.25, 0.3) is 0 Å². The van der Waals surface area contributed by atoms with Gasteiger partial charge in [-0.25, -0.2) is 4.98 Å².